The fourth-order valence-electron chi connectivity index (χ4n) is 3.51. The third-order valence-electron chi connectivity index (χ3n) is 5.01. The highest BCUT2D eigenvalue weighted by Crippen LogP contribution is 2.44. The van der Waals surface area contributed by atoms with E-state index in [4.69, 9.17) is 21.1 Å². The van der Waals surface area contributed by atoms with Gasteiger partial charge in [-0.1, -0.05) is 29.0 Å². The van der Waals surface area contributed by atoms with Gasteiger partial charge >= 0.3 is 5.91 Å². The SMILES string of the molecule is COc1ccc(C2/C(=C(/O)c3ccc(Cl)cc3)C(=O)C(=O)N2c2nnc(C)s2)cc1OC. The molecule has 164 valence electrons. The molecule has 1 saturated heterocycles. The number of aliphatic hydroxyl groups is 1. The van der Waals surface area contributed by atoms with Crippen LogP contribution in [0.1, 0.15) is 22.2 Å². The zero-order valence-electron chi connectivity index (χ0n) is 17.3. The molecule has 1 aliphatic rings. The van der Waals surface area contributed by atoms with E-state index >= 15 is 0 Å². The van der Waals surface area contributed by atoms with Crippen LogP contribution in [0.2, 0.25) is 5.02 Å². The van der Waals surface area contributed by atoms with E-state index in [1.54, 1.807) is 49.4 Å². The van der Waals surface area contributed by atoms with E-state index in [1.165, 1.54) is 30.5 Å². The predicted molar refractivity (Wildman–Crippen MR) is 120 cm³/mol. The minimum atomic E-state index is -0.946. The molecular weight excluding hydrogens is 454 g/mol. The molecule has 0 radical (unpaired) electrons. The fourth-order valence-corrected chi connectivity index (χ4v) is 4.36. The van der Waals surface area contributed by atoms with Gasteiger partial charge in [0.15, 0.2) is 11.5 Å². The average molecular weight is 472 g/mol. The second-order valence-electron chi connectivity index (χ2n) is 6.89. The molecule has 0 spiro atoms. The number of aryl methyl sites for hydroxylation is 1. The van der Waals surface area contributed by atoms with Crippen LogP contribution in [0.5, 0.6) is 11.5 Å². The highest BCUT2D eigenvalue weighted by molar-refractivity contribution is 7.15. The number of rotatable bonds is 5. The van der Waals surface area contributed by atoms with Crippen LogP contribution in [0, 0.1) is 6.92 Å². The number of halogens is 1. The molecule has 0 bridgehead atoms. The summed E-state index contributed by atoms with van der Waals surface area (Å²) in [7, 11) is 2.99. The molecule has 8 nitrogen and oxygen atoms in total. The summed E-state index contributed by atoms with van der Waals surface area (Å²) < 4.78 is 10.7. The van der Waals surface area contributed by atoms with Crippen LogP contribution in [0.3, 0.4) is 0 Å². The number of carbonyl (C=O) groups excluding carboxylic acids is 2. The van der Waals surface area contributed by atoms with Gasteiger partial charge in [0.1, 0.15) is 10.8 Å². The largest absolute Gasteiger partial charge is 0.507 e. The van der Waals surface area contributed by atoms with Crippen LogP contribution in [-0.2, 0) is 9.59 Å². The summed E-state index contributed by atoms with van der Waals surface area (Å²) in [6, 6.07) is 10.4. The molecule has 3 aromatic rings. The molecule has 0 saturated carbocycles. The van der Waals surface area contributed by atoms with Crippen molar-refractivity contribution in [1.82, 2.24) is 10.2 Å². The standard InChI is InChI=1S/C22H18ClN3O5S/c1-11-24-25-22(32-11)26-18(13-6-9-15(30-2)16(10-13)31-3)17(20(28)21(26)29)19(27)12-4-7-14(23)8-5-12/h4-10,18,27H,1-3H3/b19-17-. The first-order chi connectivity index (χ1) is 15.3. The van der Waals surface area contributed by atoms with Crippen molar-refractivity contribution in [3.05, 3.63) is 69.2 Å². The number of Topliss-reactive ketones (excluding diaryl/α,β-unsaturated/α-hetero) is 1. The maximum absolute atomic E-state index is 13.1. The fraction of sp³-hybridized carbons (Fsp3) is 0.182. The minimum absolute atomic E-state index is 0.0719. The number of nitrogens with zero attached hydrogens (tertiary/aromatic N) is 3. The monoisotopic (exact) mass is 471 g/mol. The third kappa shape index (κ3) is 3.69. The van der Waals surface area contributed by atoms with E-state index in [9.17, 15) is 14.7 Å². The van der Waals surface area contributed by atoms with E-state index in [-0.39, 0.29) is 16.5 Å². The van der Waals surface area contributed by atoms with Gasteiger partial charge in [0.2, 0.25) is 5.13 Å². The smallest absolute Gasteiger partial charge is 0.301 e. The number of benzene rings is 2. The first-order valence-corrected chi connectivity index (χ1v) is 10.6. The quantitative estimate of drug-likeness (QED) is 0.339. The van der Waals surface area contributed by atoms with Crippen molar-refractivity contribution in [3.63, 3.8) is 0 Å². The molecule has 1 atom stereocenters. The number of hydrogen-bond acceptors (Lipinski definition) is 8. The van der Waals surface area contributed by atoms with Crippen molar-refractivity contribution < 1.29 is 24.2 Å². The summed E-state index contributed by atoms with van der Waals surface area (Å²) in [5.74, 6) is -1.06. The lowest BCUT2D eigenvalue weighted by Crippen LogP contribution is -2.29. The number of hydrogen-bond donors (Lipinski definition) is 1. The van der Waals surface area contributed by atoms with Crippen LogP contribution >= 0.6 is 22.9 Å². The number of aliphatic hydroxyl groups excluding tert-OH is 1. The van der Waals surface area contributed by atoms with Gasteiger partial charge in [-0.05, 0) is 48.9 Å². The van der Waals surface area contributed by atoms with Crippen molar-refractivity contribution in [2.24, 2.45) is 0 Å². The van der Waals surface area contributed by atoms with E-state index in [0.29, 0.717) is 32.7 Å². The summed E-state index contributed by atoms with van der Waals surface area (Å²) >= 11 is 7.12. The molecule has 4 rings (SSSR count). The van der Waals surface area contributed by atoms with Crippen LogP contribution in [0.15, 0.2) is 48.0 Å². The molecule has 2 aromatic carbocycles. The van der Waals surface area contributed by atoms with Crippen LogP contribution in [0.25, 0.3) is 5.76 Å². The van der Waals surface area contributed by atoms with E-state index in [1.807, 2.05) is 0 Å². The van der Waals surface area contributed by atoms with Crippen LogP contribution in [-0.4, -0.2) is 41.2 Å². The molecule has 1 aromatic heterocycles. The van der Waals surface area contributed by atoms with Gasteiger partial charge in [-0.3, -0.25) is 14.5 Å². The van der Waals surface area contributed by atoms with Crippen molar-refractivity contribution in [3.8, 4) is 11.5 Å². The Morgan fingerprint density at radius 1 is 1.06 bits per heavy atom. The second kappa shape index (κ2) is 8.60. The number of amides is 1. The van der Waals surface area contributed by atoms with Gasteiger partial charge in [0, 0.05) is 10.6 Å². The molecule has 1 unspecified atom stereocenters. The first-order valence-electron chi connectivity index (χ1n) is 9.44. The normalized spacial score (nSPS) is 17.6. The number of ether oxygens (including phenoxy) is 2. The van der Waals surface area contributed by atoms with E-state index in [2.05, 4.69) is 10.2 Å². The number of carbonyl (C=O) groups is 2. The van der Waals surface area contributed by atoms with Crippen molar-refractivity contribution in [2.45, 2.75) is 13.0 Å². The molecule has 1 aliphatic heterocycles. The van der Waals surface area contributed by atoms with Crippen molar-refractivity contribution in [2.75, 3.05) is 19.1 Å². The Labute approximate surface area is 192 Å². The summed E-state index contributed by atoms with van der Waals surface area (Å²) in [5.41, 5.74) is 0.814. The molecule has 1 fully saturated rings. The number of aromatic nitrogens is 2. The highest BCUT2D eigenvalue weighted by Gasteiger charge is 2.48. The Morgan fingerprint density at radius 3 is 2.34 bits per heavy atom. The number of methoxy groups -OCH3 is 2. The van der Waals surface area contributed by atoms with Crippen LogP contribution < -0.4 is 14.4 Å². The van der Waals surface area contributed by atoms with Gasteiger partial charge in [-0.15, -0.1) is 10.2 Å². The minimum Gasteiger partial charge on any atom is -0.507 e. The molecule has 32 heavy (non-hydrogen) atoms. The molecular formula is C22H18ClN3O5S. The maximum atomic E-state index is 13.1. The van der Waals surface area contributed by atoms with Gasteiger partial charge in [0.05, 0.1) is 25.8 Å². The van der Waals surface area contributed by atoms with Crippen molar-refractivity contribution in [1.29, 1.82) is 0 Å². The van der Waals surface area contributed by atoms with Crippen molar-refractivity contribution >= 4 is 45.5 Å². The van der Waals surface area contributed by atoms with E-state index in [0.717, 1.165) is 0 Å². The number of anilines is 1. The number of ketones is 1. The molecule has 1 amide bonds. The Balaban J connectivity index is 1.95. The van der Waals surface area contributed by atoms with Crippen LogP contribution in [0.4, 0.5) is 5.13 Å². The third-order valence-corrected chi connectivity index (χ3v) is 6.10. The summed E-state index contributed by atoms with van der Waals surface area (Å²) in [6.07, 6.45) is 0. The molecule has 10 heteroatoms. The Hall–Kier alpha value is -3.43. The first kappa shape index (κ1) is 21.8. The summed E-state index contributed by atoms with van der Waals surface area (Å²) in [5, 5.41) is 20.5. The lowest BCUT2D eigenvalue weighted by atomic mass is 9.95. The maximum Gasteiger partial charge on any atom is 0.301 e. The second-order valence-corrected chi connectivity index (χ2v) is 8.49. The topological polar surface area (TPSA) is 102 Å². The lowest BCUT2D eigenvalue weighted by molar-refractivity contribution is -0.132. The predicted octanol–water partition coefficient (Wildman–Crippen LogP) is 4.14. The summed E-state index contributed by atoms with van der Waals surface area (Å²) in [4.78, 5) is 27.4. The Kier molecular flexibility index (Phi) is 5.86. The zero-order valence-corrected chi connectivity index (χ0v) is 18.9. The average Bonchev–Trinajstić information content (AvgIpc) is 3.34. The van der Waals surface area contributed by atoms with Gasteiger partial charge in [0.25, 0.3) is 5.78 Å². The Bertz CT molecular complexity index is 1240. The molecule has 2 heterocycles. The zero-order chi connectivity index (χ0) is 23.0. The molecule has 1 N–H and O–H groups in total. The van der Waals surface area contributed by atoms with Gasteiger partial charge in [-0.25, -0.2) is 0 Å². The lowest BCUT2D eigenvalue weighted by Gasteiger charge is -2.23. The van der Waals surface area contributed by atoms with Gasteiger partial charge < -0.3 is 14.6 Å². The highest BCUT2D eigenvalue weighted by atomic mass is 35.5. The van der Waals surface area contributed by atoms with E-state index < -0.39 is 17.7 Å². The summed E-state index contributed by atoms with van der Waals surface area (Å²) in [6.45, 7) is 1.75. The Morgan fingerprint density at radius 2 is 1.75 bits per heavy atom. The molecule has 0 aliphatic carbocycles. The van der Waals surface area contributed by atoms with Gasteiger partial charge in [-0.2, -0.15) is 0 Å².